The monoisotopic (exact) mass is 373 g/mol. The molecule has 0 unspecified atom stereocenters. The number of nitrogens with two attached hydrogens (primary N) is 2. The SMILES string of the molecule is Cn1c(N)c(C(=O)CN(CCC(N)=O)Cc2ccccc2)c(=O)n(C)c1=O. The molecular formula is C18H23N5O4. The van der Waals surface area contributed by atoms with Crippen molar-refractivity contribution in [2.75, 3.05) is 18.8 Å². The Bertz CT molecular complexity index is 962. The van der Waals surface area contributed by atoms with Crippen LogP contribution in [0.1, 0.15) is 22.3 Å². The minimum atomic E-state index is -0.741. The summed E-state index contributed by atoms with van der Waals surface area (Å²) in [6.07, 6.45) is 0.0703. The predicted octanol–water partition coefficient (Wildman–Crippen LogP) is -0.773. The van der Waals surface area contributed by atoms with Gasteiger partial charge in [-0.15, -0.1) is 0 Å². The molecule has 1 aromatic heterocycles. The van der Waals surface area contributed by atoms with Crippen molar-refractivity contribution < 1.29 is 9.59 Å². The van der Waals surface area contributed by atoms with Gasteiger partial charge in [0.2, 0.25) is 5.91 Å². The molecule has 2 aromatic rings. The summed E-state index contributed by atoms with van der Waals surface area (Å²) < 4.78 is 1.90. The van der Waals surface area contributed by atoms with Crippen LogP contribution in [-0.2, 0) is 25.4 Å². The van der Waals surface area contributed by atoms with Gasteiger partial charge in [0.1, 0.15) is 11.4 Å². The fraction of sp³-hybridized carbons (Fsp3) is 0.333. The third-order valence-corrected chi connectivity index (χ3v) is 4.28. The first-order valence-electron chi connectivity index (χ1n) is 8.35. The summed E-state index contributed by atoms with van der Waals surface area (Å²) in [5.74, 6) is -1.19. The summed E-state index contributed by atoms with van der Waals surface area (Å²) in [6, 6.07) is 9.38. The van der Waals surface area contributed by atoms with Gasteiger partial charge >= 0.3 is 5.69 Å². The number of aromatic nitrogens is 2. The minimum Gasteiger partial charge on any atom is -0.384 e. The number of Topliss-reactive ketones (excluding diaryl/α,β-unsaturated/α-hetero) is 1. The lowest BCUT2D eigenvalue weighted by atomic mass is 10.1. The van der Waals surface area contributed by atoms with E-state index in [0.29, 0.717) is 6.54 Å². The normalized spacial score (nSPS) is 10.9. The summed E-state index contributed by atoms with van der Waals surface area (Å²) in [4.78, 5) is 49.9. The van der Waals surface area contributed by atoms with Gasteiger partial charge in [-0.1, -0.05) is 30.3 Å². The van der Waals surface area contributed by atoms with Gasteiger partial charge in [-0.05, 0) is 5.56 Å². The van der Waals surface area contributed by atoms with E-state index in [-0.39, 0.29) is 30.9 Å². The van der Waals surface area contributed by atoms with Gasteiger partial charge in [-0.3, -0.25) is 28.4 Å². The smallest absolute Gasteiger partial charge is 0.332 e. The van der Waals surface area contributed by atoms with E-state index in [0.717, 1.165) is 14.7 Å². The number of carbonyl (C=O) groups excluding carboxylic acids is 2. The molecule has 0 saturated carbocycles. The number of anilines is 1. The Morgan fingerprint density at radius 2 is 1.70 bits per heavy atom. The number of hydrogen-bond acceptors (Lipinski definition) is 6. The molecule has 1 heterocycles. The van der Waals surface area contributed by atoms with Gasteiger partial charge in [0.25, 0.3) is 5.56 Å². The topological polar surface area (TPSA) is 133 Å². The highest BCUT2D eigenvalue weighted by atomic mass is 16.2. The predicted molar refractivity (Wildman–Crippen MR) is 101 cm³/mol. The maximum atomic E-state index is 12.8. The molecule has 2 rings (SSSR count). The van der Waals surface area contributed by atoms with E-state index in [1.165, 1.54) is 14.1 Å². The summed E-state index contributed by atoms with van der Waals surface area (Å²) in [5.41, 5.74) is 10.4. The number of nitrogen functional groups attached to an aromatic ring is 1. The molecule has 9 heteroatoms. The number of ketones is 1. The van der Waals surface area contributed by atoms with Crippen LogP contribution in [0.15, 0.2) is 39.9 Å². The van der Waals surface area contributed by atoms with E-state index in [1.807, 2.05) is 30.3 Å². The van der Waals surface area contributed by atoms with Crippen molar-refractivity contribution in [1.82, 2.24) is 14.0 Å². The Labute approximate surface area is 155 Å². The molecule has 0 saturated heterocycles. The molecule has 0 aliphatic rings. The zero-order valence-electron chi connectivity index (χ0n) is 15.3. The number of hydrogen-bond donors (Lipinski definition) is 2. The zero-order chi connectivity index (χ0) is 20.1. The minimum absolute atomic E-state index is 0.0703. The Kier molecular flexibility index (Phi) is 6.30. The van der Waals surface area contributed by atoms with E-state index in [1.54, 1.807) is 4.90 Å². The van der Waals surface area contributed by atoms with Gasteiger partial charge in [-0.2, -0.15) is 0 Å². The first kappa shape index (κ1) is 20.1. The maximum absolute atomic E-state index is 12.8. The summed E-state index contributed by atoms with van der Waals surface area (Å²) >= 11 is 0. The molecule has 0 aliphatic heterocycles. The largest absolute Gasteiger partial charge is 0.384 e. The summed E-state index contributed by atoms with van der Waals surface area (Å²) in [6.45, 7) is 0.508. The Balaban J connectivity index is 2.31. The van der Waals surface area contributed by atoms with E-state index >= 15 is 0 Å². The molecule has 0 radical (unpaired) electrons. The van der Waals surface area contributed by atoms with Crippen molar-refractivity contribution in [2.24, 2.45) is 19.8 Å². The molecule has 0 fully saturated rings. The number of primary amides is 1. The molecule has 0 bridgehead atoms. The molecule has 1 aromatic carbocycles. The second kappa shape index (κ2) is 8.45. The van der Waals surface area contributed by atoms with Gasteiger partial charge in [0.05, 0.1) is 6.54 Å². The second-order valence-corrected chi connectivity index (χ2v) is 6.30. The third-order valence-electron chi connectivity index (χ3n) is 4.28. The van der Waals surface area contributed by atoms with Gasteiger partial charge in [0, 0.05) is 33.6 Å². The van der Waals surface area contributed by atoms with Crippen molar-refractivity contribution in [3.63, 3.8) is 0 Å². The van der Waals surface area contributed by atoms with Gasteiger partial charge in [0.15, 0.2) is 5.78 Å². The number of amides is 1. The molecule has 4 N–H and O–H groups in total. The van der Waals surface area contributed by atoms with E-state index in [2.05, 4.69) is 0 Å². The average molecular weight is 373 g/mol. The first-order valence-corrected chi connectivity index (χ1v) is 8.35. The Morgan fingerprint density at radius 1 is 1.07 bits per heavy atom. The lowest BCUT2D eigenvalue weighted by Gasteiger charge is -2.21. The average Bonchev–Trinajstić information content (AvgIpc) is 2.63. The van der Waals surface area contributed by atoms with E-state index in [9.17, 15) is 19.2 Å². The second-order valence-electron chi connectivity index (χ2n) is 6.30. The van der Waals surface area contributed by atoms with Crippen LogP contribution < -0.4 is 22.7 Å². The highest BCUT2D eigenvalue weighted by molar-refractivity contribution is 6.01. The lowest BCUT2D eigenvalue weighted by molar-refractivity contribution is -0.118. The van der Waals surface area contributed by atoms with Crippen LogP contribution in [0.25, 0.3) is 0 Å². The lowest BCUT2D eigenvalue weighted by Crippen LogP contribution is -2.43. The first-order chi connectivity index (χ1) is 12.7. The number of carbonyl (C=O) groups is 2. The fourth-order valence-electron chi connectivity index (χ4n) is 2.73. The van der Waals surface area contributed by atoms with Crippen molar-refractivity contribution in [1.29, 1.82) is 0 Å². The van der Waals surface area contributed by atoms with E-state index < -0.39 is 22.9 Å². The summed E-state index contributed by atoms with van der Waals surface area (Å²) in [5, 5.41) is 0. The molecule has 144 valence electrons. The van der Waals surface area contributed by atoms with Crippen LogP contribution in [0.3, 0.4) is 0 Å². The Morgan fingerprint density at radius 3 is 2.30 bits per heavy atom. The van der Waals surface area contributed by atoms with Crippen molar-refractivity contribution >= 4 is 17.5 Å². The molecule has 0 atom stereocenters. The number of rotatable bonds is 8. The quantitative estimate of drug-likeness (QED) is 0.584. The van der Waals surface area contributed by atoms with Crippen LogP contribution in [0, 0.1) is 0 Å². The molecule has 0 aliphatic carbocycles. The van der Waals surface area contributed by atoms with Gasteiger partial charge in [-0.25, -0.2) is 4.79 Å². The van der Waals surface area contributed by atoms with Crippen molar-refractivity contribution in [2.45, 2.75) is 13.0 Å². The molecule has 0 spiro atoms. The Hall–Kier alpha value is -3.20. The summed E-state index contributed by atoms with van der Waals surface area (Å²) in [7, 11) is 2.68. The third kappa shape index (κ3) is 4.70. The standard InChI is InChI=1S/C18H23N5O4/c1-21-16(20)15(17(26)22(2)18(21)27)13(24)11-23(9-8-14(19)25)10-12-6-4-3-5-7-12/h3-7H,8-11,20H2,1-2H3,(H2,19,25). The molecule has 9 nitrogen and oxygen atoms in total. The zero-order valence-corrected chi connectivity index (χ0v) is 15.3. The number of nitrogens with zero attached hydrogens (tertiary/aromatic N) is 3. The highest BCUT2D eigenvalue weighted by Gasteiger charge is 2.22. The number of benzene rings is 1. The maximum Gasteiger partial charge on any atom is 0.332 e. The van der Waals surface area contributed by atoms with Crippen molar-refractivity contribution in [3.05, 3.63) is 62.3 Å². The van der Waals surface area contributed by atoms with Crippen molar-refractivity contribution in [3.8, 4) is 0 Å². The van der Waals surface area contributed by atoms with E-state index in [4.69, 9.17) is 11.5 Å². The fourth-order valence-corrected chi connectivity index (χ4v) is 2.73. The molecule has 1 amide bonds. The van der Waals surface area contributed by atoms with Crippen LogP contribution in [0.4, 0.5) is 5.82 Å². The van der Waals surface area contributed by atoms with Crippen LogP contribution in [0.2, 0.25) is 0 Å². The van der Waals surface area contributed by atoms with Crippen LogP contribution in [0.5, 0.6) is 0 Å². The van der Waals surface area contributed by atoms with Gasteiger partial charge < -0.3 is 11.5 Å². The van der Waals surface area contributed by atoms with Crippen LogP contribution in [-0.4, -0.2) is 38.8 Å². The highest BCUT2D eigenvalue weighted by Crippen LogP contribution is 2.09. The van der Waals surface area contributed by atoms with Crippen LogP contribution >= 0.6 is 0 Å². The molecule has 27 heavy (non-hydrogen) atoms. The molecular weight excluding hydrogens is 350 g/mol.